The third kappa shape index (κ3) is 29.0. The summed E-state index contributed by atoms with van der Waals surface area (Å²) in [5.74, 6) is -0.606. The number of esters is 2. The Morgan fingerprint density at radius 2 is 0.667 bits per heavy atom. The van der Waals surface area contributed by atoms with Crippen molar-refractivity contribution in [1.29, 1.82) is 0 Å². The second-order valence-electron chi connectivity index (χ2n) is 14.1. The summed E-state index contributed by atoms with van der Waals surface area (Å²) in [6.45, 7) is 9.17. The summed E-state index contributed by atoms with van der Waals surface area (Å²) in [7, 11) is 8.82. The van der Waals surface area contributed by atoms with E-state index in [0.717, 1.165) is 35.1 Å². The van der Waals surface area contributed by atoms with Gasteiger partial charge in [0.25, 0.3) is 0 Å². The van der Waals surface area contributed by atoms with Crippen LogP contribution in [0.5, 0.6) is 0 Å². The summed E-state index contributed by atoms with van der Waals surface area (Å²) >= 11 is 0. The van der Waals surface area contributed by atoms with Crippen LogP contribution in [-0.2, 0) is 19.1 Å². The molecule has 250 valence electrons. The molecule has 0 aliphatic carbocycles. The Labute approximate surface area is 262 Å². The number of unbranched alkanes of at least 4 members (excludes halogenated alkanes) is 18. The van der Waals surface area contributed by atoms with E-state index < -0.39 is 0 Å². The van der Waals surface area contributed by atoms with Gasteiger partial charge in [-0.3, -0.25) is 9.59 Å². The molecule has 0 amide bonds. The number of carbonyl (C=O) groups is 2. The van der Waals surface area contributed by atoms with Crippen molar-refractivity contribution in [2.75, 3.05) is 67.6 Å². The molecule has 0 saturated carbocycles. The number of carbonyl (C=O) groups excluding carboxylic acids is 2. The van der Waals surface area contributed by atoms with Gasteiger partial charge >= 0.3 is 11.9 Å². The maximum absolute atomic E-state index is 12.1. The van der Waals surface area contributed by atoms with E-state index in [9.17, 15) is 9.59 Å². The first-order valence-corrected chi connectivity index (χ1v) is 18.1. The van der Waals surface area contributed by atoms with Crippen LogP contribution in [0, 0.1) is 0 Å². The molecule has 0 atom stereocenters. The first kappa shape index (κ1) is 40.9. The van der Waals surface area contributed by atoms with Gasteiger partial charge in [-0.2, -0.15) is 0 Å². The van der Waals surface area contributed by atoms with Gasteiger partial charge in [-0.1, -0.05) is 117 Å². The second-order valence-corrected chi connectivity index (χ2v) is 14.1. The fourth-order valence-electron chi connectivity index (χ4n) is 5.44. The molecule has 0 N–H and O–H groups in total. The Morgan fingerprint density at radius 1 is 0.405 bits per heavy atom. The minimum atomic E-state index is -0.303. The van der Waals surface area contributed by atoms with E-state index in [1.54, 1.807) is 0 Å². The van der Waals surface area contributed by atoms with E-state index in [4.69, 9.17) is 9.47 Å². The molecule has 6 nitrogen and oxygen atoms in total. The molecule has 0 aromatic carbocycles. The normalized spacial score (nSPS) is 12.0. The number of quaternary nitrogens is 2. The van der Waals surface area contributed by atoms with Crippen molar-refractivity contribution in [2.24, 2.45) is 0 Å². The molecule has 0 heterocycles. The Kier molecular flexibility index (Phi) is 26.7. The third-order valence-corrected chi connectivity index (χ3v) is 8.69. The molecule has 0 radical (unpaired) electrons. The summed E-state index contributed by atoms with van der Waals surface area (Å²) < 4.78 is 12.6. The molecule has 0 spiro atoms. The molecule has 0 unspecified atom stereocenters. The van der Waals surface area contributed by atoms with Crippen molar-refractivity contribution in [3.63, 3.8) is 0 Å². The molecule has 0 fully saturated rings. The van der Waals surface area contributed by atoms with Gasteiger partial charge in [-0.25, -0.2) is 0 Å². The number of hydrogen-bond acceptors (Lipinski definition) is 4. The molecule has 0 saturated heterocycles. The molecular weight excluding hydrogens is 524 g/mol. The number of ether oxygens (including phenoxy) is 2. The Bertz CT molecular complexity index is 582. The zero-order valence-electron chi connectivity index (χ0n) is 29.3. The SMILES string of the molecule is CCCCCCCCCCCC[N+](C)(C)CCOC(=O)CCC(=O)OCC[N+](C)(C)CCCCCCCCCCCC. The lowest BCUT2D eigenvalue weighted by molar-refractivity contribution is -0.890. The van der Waals surface area contributed by atoms with Gasteiger partial charge < -0.3 is 18.4 Å². The predicted molar refractivity (Wildman–Crippen MR) is 179 cm³/mol. The molecule has 0 bridgehead atoms. The number of likely N-dealkylation sites (N-methyl/N-ethyl adjacent to an activating group) is 2. The zero-order valence-corrected chi connectivity index (χ0v) is 29.3. The van der Waals surface area contributed by atoms with Crippen molar-refractivity contribution < 1.29 is 28.0 Å². The smallest absolute Gasteiger partial charge is 0.306 e. The van der Waals surface area contributed by atoms with Gasteiger partial charge in [0.05, 0.1) is 54.1 Å². The average molecular weight is 599 g/mol. The Hall–Kier alpha value is -1.14. The van der Waals surface area contributed by atoms with Gasteiger partial charge in [0, 0.05) is 0 Å². The van der Waals surface area contributed by atoms with E-state index in [2.05, 4.69) is 42.0 Å². The molecule has 0 aromatic heterocycles. The van der Waals surface area contributed by atoms with E-state index in [0.29, 0.717) is 13.2 Å². The fourth-order valence-corrected chi connectivity index (χ4v) is 5.44. The van der Waals surface area contributed by atoms with Crippen LogP contribution in [0.15, 0.2) is 0 Å². The van der Waals surface area contributed by atoms with Gasteiger partial charge in [-0.05, 0) is 25.7 Å². The van der Waals surface area contributed by atoms with E-state index >= 15 is 0 Å². The Morgan fingerprint density at radius 3 is 0.952 bits per heavy atom. The van der Waals surface area contributed by atoms with Crippen LogP contribution in [0.4, 0.5) is 0 Å². The summed E-state index contributed by atoms with van der Waals surface area (Å²) in [6, 6.07) is 0. The maximum Gasteiger partial charge on any atom is 0.306 e. The van der Waals surface area contributed by atoms with Crippen LogP contribution in [-0.4, -0.2) is 88.5 Å². The van der Waals surface area contributed by atoms with Crippen LogP contribution in [0.2, 0.25) is 0 Å². The van der Waals surface area contributed by atoms with Gasteiger partial charge in [0.15, 0.2) is 0 Å². The van der Waals surface area contributed by atoms with Gasteiger partial charge in [-0.15, -0.1) is 0 Å². The van der Waals surface area contributed by atoms with Crippen molar-refractivity contribution >= 4 is 11.9 Å². The third-order valence-electron chi connectivity index (χ3n) is 8.69. The lowest BCUT2D eigenvalue weighted by Gasteiger charge is -2.29. The topological polar surface area (TPSA) is 52.6 Å². The molecule has 0 aromatic rings. The van der Waals surface area contributed by atoms with Crippen molar-refractivity contribution in [3.05, 3.63) is 0 Å². The van der Waals surface area contributed by atoms with Gasteiger partial charge in [0.1, 0.15) is 26.3 Å². The highest BCUT2D eigenvalue weighted by atomic mass is 16.5. The monoisotopic (exact) mass is 599 g/mol. The minimum Gasteiger partial charge on any atom is -0.460 e. The van der Waals surface area contributed by atoms with Gasteiger partial charge in [0.2, 0.25) is 0 Å². The van der Waals surface area contributed by atoms with E-state index in [1.807, 2.05) is 0 Å². The van der Waals surface area contributed by atoms with Crippen molar-refractivity contribution in [2.45, 2.75) is 155 Å². The largest absolute Gasteiger partial charge is 0.460 e. The highest BCUT2D eigenvalue weighted by molar-refractivity contribution is 5.77. The molecule has 42 heavy (non-hydrogen) atoms. The highest BCUT2D eigenvalue weighted by Gasteiger charge is 2.18. The van der Waals surface area contributed by atoms with E-state index in [-0.39, 0.29) is 24.8 Å². The van der Waals surface area contributed by atoms with Crippen molar-refractivity contribution in [3.8, 4) is 0 Å². The minimum absolute atomic E-state index is 0.0988. The summed E-state index contributed by atoms with van der Waals surface area (Å²) in [4.78, 5) is 24.3. The Balaban J connectivity index is 3.73. The van der Waals surface area contributed by atoms with Crippen LogP contribution < -0.4 is 0 Å². The fraction of sp³-hybridized carbons (Fsp3) is 0.944. The number of hydrogen-bond donors (Lipinski definition) is 0. The van der Waals surface area contributed by atoms with Crippen LogP contribution >= 0.6 is 0 Å². The van der Waals surface area contributed by atoms with Crippen LogP contribution in [0.3, 0.4) is 0 Å². The maximum atomic E-state index is 12.1. The summed E-state index contributed by atoms with van der Waals surface area (Å²) in [5, 5.41) is 0. The second kappa shape index (κ2) is 27.4. The van der Waals surface area contributed by atoms with Crippen molar-refractivity contribution in [1.82, 2.24) is 0 Å². The molecular formula is C36H74N2O4+2. The highest BCUT2D eigenvalue weighted by Crippen LogP contribution is 2.13. The zero-order chi connectivity index (χ0) is 31.4. The number of rotatable bonds is 31. The molecule has 0 rings (SSSR count). The summed E-state index contributed by atoms with van der Waals surface area (Å²) in [5.41, 5.74) is 0. The number of nitrogens with zero attached hydrogens (tertiary/aromatic N) is 2. The standard InChI is InChI=1S/C36H74N2O4/c1-7-9-11-13-15-17-19-21-23-25-29-37(3,4)31-33-41-35(39)27-28-36(40)42-34-32-38(5,6)30-26-24-22-20-18-16-14-12-10-8-2/h7-34H2,1-6H3/q+2. The first-order chi connectivity index (χ1) is 20.1. The average Bonchev–Trinajstić information content (AvgIpc) is 2.93. The molecule has 0 aliphatic heterocycles. The van der Waals surface area contributed by atoms with Crippen LogP contribution in [0.1, 0.15) is 155 Å². The molecule has 0 aliphatic rings. The predicted octanol–water partition coefficient (Wildman–Crippen LogP) is 8.85. The quantitative estimate of drug-likeness (QED) is 0.0454. The first-order valence-electron chi connectivity index (χ1n) is 18.1. The lowest BCUT2D eigenvalue weighted by Crippen LogP contribution is -2.43. The van der Waals surface area contributed by atoms with E-state index in [1.165, 1.54) is 128 Å². The lowest BCUT2D eigenvalue weighted by atomic mass is 10.1. The van der Waals surface area contributed by atoms with Crippen LogP contribution in [0.25, 0.3) is 0 Å². The molecule has 6 heteroatoms. The summed E-state index contributed by atoms with van der Waals surface area (Å²) in [6.07, 6.45) is 27.1.